The molecule has 1 aliphatic rings. The smallest absolute Gasteiger partial charge is 0.336 e. The SMILES string of the molecule is CC(C)COc1nc(-c2ccc3c(c2)OCO3)n(-c2ccc(NC(=O)c3ccc(Cl)c([N+](=O)[O-])c3)cc2)n1. The first-order valence-corrected chi connectivity index (χ1v) is 12.0. The van der Waals surface area contributed by atoms with Crippen LogP contribution in [0.25, 0.3) is 17.1 Å². The number of carbonyl (C=O) groups excluding carboxylic acids is 1. The van der Waals surface area contributed by atoms with Crippen LogP contribution in [0, 0.1) is 16.0 Å². The van der Waals surface area contributed by atoms with Gasteiger partial charge in [-0.15, -0.1) is 5.10 Å². The average molecular weight is 536 g/mol. The van der Waals surface area contributed by atoms with Crippen molar-refractivity contribution in [2.75, 3.05) is 18.7 Å². The van der Waals surface area contributed by atoms with Crippen LogP contribution in [0.4, 0.5) is 11.4 Å². The normalized spacial score (nSPS) is 12.0. The number of hydrogen-bond acceptors (Lipinski definition) is 8. The molecule has 0 saturated carbocycles. The highest BCUT2D eigenvalue weighted by atomic mass is 35.5. The molecular weight excluding hydrogens is 514 g/mol. The molecule has 1 N–H and O–H groups in total. The van der Waals surface area contributed by atoms with Crippen LogP contribution in [0.15, 0.2) is 60.7 Å². The minimum atomic E-state index is -0.636. The second kappa shape index (κ2) is 10.4. The van der Waals surface area contributed by atoms with Crippen molar-refractivity contribution < 1.29 is 23.9 Å². The summed E-state index contributed by atoms with van der Waals surface area (Å²) in [4.78, 5) is 27.8. The van der Waals surface area contributed by atoms with Gasteiger partial charge in [0.05, 0.1) is 17.2 Å². The van der Waals surface area contributed by atoms with E-state index in [2.05, 4.69) is 15.4 Å². The van der Waals surface area contributed by atoms with Gasteiger partial charge in [-0.1, -0.05) is 25.4 Å². The third kappa shape index (κ3) is 5.23. The highest BCUT2D eigenvalue weighted by Gasteiger charge is 2.20. The van der Waals surface area contributed by atoms with E-state index in [1.165, 1.54) is 12.1 Å². The quantitative estimate of drug-likeness (QED) is 0.231. The van der Waals surface area contributed by atoms with Crippen molar-refractivity contribution in [2.24, 2.45) is 5.92 Å². The summed E-state index contributed by atoms with van der Waals surface area (Å²) in [5.41, 5.74) is 1.68. The Morgan fingerprint density at radius 2 is 1.89 bits per heavy atom. The molecule has 0 spiro atoms. The maximum atomic E-state index is 12.7. The lowest BCUT2D eigenvalue weighted by Gasteiger charge is -2.09. The molecule has 11 nitrogen and oxygen atoms in total. The van der Waals surface area contributed by atoms with Gasteiger partial charge >= 0.3 is 6.01 Å². The predicted molar refractivity (Wildman–Crippen MR) is 139 cm³/mol. The van der Waals surface area contributed by atoms with E-state index in [0.717, 1.165) is 11.6 Å². The summed E-state index contributed by atoms with van der Waals surface area (Å²) in [6.07, 6.45) is 0. The van der Waals surface area contributed by atoms with Gasteiger partial charge in [0.15, 0.2) is 17.3 Å². The van der Waals surface area contributed by atoms with E-state index in [-0.39, 0.29) is 29.1 Å². The average Bonchev–Trinajstić information content (AvgIpc) is 3.54. The molecule has 12 heteroatoms. The summed E-state index contributed by atoms with van der Waals surface area (Å²) in [6.45, 7) is 4.68. The molecule has 3 aromatic carbocycles. The minimum absolute atomic E-state index is 0.0428. The van der Waals surface area contributed by atoms with Gasteiger partial charge in [0.2, 0.25) is 6.79 Å². The van der Waals surface area contributed by atoms with Gasteiger partial charge in [0.1, 0.15) is 5.02 Å². The van der Waals surface area contributed by atoms with Crippen LogP contribution in [-0.2, 0) is 0 Å². The second-order valence-corrected chi connectivity index (χ2v) is 9.23. The third-order valence-corrected chi connectivity index (χ3v) is 5.86. The number of nitro benzene ring substituents is 1. The molecular formula is C26H22ClN5O6. The van der Waals surface area contributed by atoms with E-state index in [1.807, 2.05) is 32.0 Å². The van der Waals surface area contributed by atoms with Crippen molar-refractivity contribution in [1.82, 2.24) is 14.8 Å². The maximum absolute atomic E-state index is 12.7. The van der Waals surface area contributed by atoms with Crippen molar-refractivity contribution in [3.63, 3.8) is 0 Å². The first kappa shape index (κ1) is 25.0. The fraction of sp³-hybridized carbons (Fsp3) is 0.192. The second-order valence-electron chi connectivity index (χ2n) is 8.83. The fourth-order valence-electron chi connectivity index (χ4n) is 3.68. The number of nitro groups is 1. The van der Waals surface area contributed by atoms with Gasteiger partial charge < -0.3 is 19.5 Å². The van der Waals surface area contributed by atoms with E-state index in [4.69, 9.17) is 25.8 Å². The van der Waals surface area contributed by atoms with Crippen molar-refractivity contribution in [3.05, 3.63) is 81.4 Å². The molecule has 0 fully saturated rings. The summed E-state index contributed by atoms with van der Waals surface area (Å²) in [5, 5.41) is 18.4. The molecule has 0 radical (unpaired) electrons. The molecule has 4 aromatic rings. The number of ether oxygens (including phenoxy) is 3. The Labute approximate surface area is 222 Å². The summed E-state index contributed by atoms with van der Waals surface area (Å²) in [6, 6.07) is 16.5. The molecule has 1 aromatic heterocycles. The van der Waals surface area contributed by atoms with Crippen LogP contribution >= 0.6 is 11.6 Å². The lowest BCUT2D eigenvalue weighted by Crippen LogP contribution is -2.12. The molecule has 194 valence electrons. The first-order chi connectivity index (χ1) is 18.3. The number of nitrogens with one attached hydrogen (secondary N) is 1. The first-order valence-electron chi connectivity index (χ1n) is 11.6. The number of rotatable bonds is 8. The van der Waals surface area contributed by atoms with Crippen LogP contribution in [0.3, 0.4) is 0 Å². The van der Waals surface area contributed by atoms with E-state index in [1.54, 1.807) is 28.9 Å². The van der Waals surface area contributed by atoms with Crippen LogP contribution in [0.1, 0.15) is 24.2 Å². The van der Waals surface area contributed by atoms with E-state index >= 15 is 0 Å². The van der Waals surface area contributed by atoms with Crippen molar-refractivity contribution >= 4 is 28.9 Å². The Kier molecular flexibility index (Phi) is 6.84. The molecule has 0 saturated heterocycles. The molecule has 1 amide bonds. The summed E-state index contributed by atoms with van der Waals surface area (Å²) < 4.78 is 18.3. The van der Waals surface area contributed by atoms with Crippen molar-refractivity contribution in [2.45, 2.75) is 13.8 Å². The van der Waals surface area contributed by atoms with Crippen LogP contribution in [-0.4, -0.2) is 39.0 Å². The molecule has 0 bridgehead atoms. The number of carbonyl (C=O) groups is 1. The van der Waals surface area contributed by atoms with Crippen LogP contribution in [0.2, 0.25) is 5.02 Å². The Morgan fingerprint density at radius 3 is 2.63 bits per heavy atom. The van der Waals surface area contributed by atoms with Crippen molar-refractivity contribution in [3.8, 4) is 34.6 Å². The summed E-state index contributed by atoms with van der Waals surface area (Å²) in [5.74, 6) is 1.58. The largest absolute Gasteiger partial charge is 0.462 e. The number of amides is 1. The van der Waals surface area contributed by atoms with Gasteiger partial charge in [0.25, 0.3) is 11.6 Å². The lowest BCUT2D eigenvalue weighted by molar-refractivity contribution is -0.384. The van der Waals surface area contributed by atoms with Crippen LogP contribution in [0.5, 0.6) is 17.5 Å². The van der Waals surface area contributed by atoms with Gasteiger partial charge in [-0.05, 0) is 60.5 Å². The topological polar surface area (TPSA) is 131 Å². The minimum Gasteiger partial charge on any atom is -0.462 e. The van der Waals surface area contributed by atoms with Gasteiger partial charge in [-0.3, -0.25) is 14.9 Å². The zero-order valence-corrected chi connectivity index (χ0v) is 21.1. The molecule has 0 unspecified atom stereocenters. The van der Waals surface area contributed by atoms with E-state index < -0.39 is 10.8 Å². The number of anilines is 1. The van der Waals surface area contributed by atoms with Crippen LogP contribution < -0.4 is 19.5 Å². The molecule has 0 atom stereocenters. The summed E-state index contributed by atoms with van der Waals surface area (Å²) in [7, 11) is 0. The Morgan fingerprint density at radius 1 is 1.13 bits per heavy atom. The molecule has 1 aliphatic heterocycles. The monoisotopic (exact) mass is 535 g/mol. The van der Waals surface area contributed by atoms with E-state index in [9.17, 15) is 14.9 Å². The van der Waals surface area contributed by atoms with E-state index in [0.29, 0.717) is 41.2 Å². The standard InChI is InChI=1S/C26H22ClN5O6/c1-15(2)13-36-26-29-24(16-4-10-22-23(12-16)38-14-37-22)31(30-26)19-7-5-18(6-8-19)28-25(33)17-3-9-20(27)21(11-17)32(34)35/h3-12,15H,13-14H2,1-2H3,(H,28,33). The lowest BCUT2D eigenvalue weighted by atomic mass is 10.1. The molecule has 5 rings (SSSR count). The zero-order chi connectivity index (χ0) is 26.8. The maximum Gasteiger partial charge on any atom is 0.336 e. The Bertz CT molecular complexity index is 1520. The van der Waals surface area contributed by atoms with Gasteiger partial charge in [-0.2, -0.15) is 4.98 Å². The number of hydrogen-bond donors (Lipinski definition) is 1. The zero-order valence-electron chi connectivity index (χ0n) is 20.4. The fourth-order valence-corrected chi connectivity index (χ4v) is 3.87. The molecule has 38 heavy (non-hydrogen) atoms. The van der Waals surface area contributed by atoms with Crippen molar-refractivity contribution in [1.29, 1.82) is 0 Å². The highest BCUT2D eigenvalue weighted by molar-refractivity contribution is 6.32. The number of fused-ring (bicyclic) bond motifs is 1. The van der Waals surface area contributed by atoms with Gasteiger partial charge in [0, 0.05) is 22.9 Å². The summed E-state index contributed by atoms with van der Waals surface area (Å²) >= 11 is 5.84. The Balaban J connectivity index is 1.41. The van der Waals surface area contributed by atoms with Gasteiger partial charge in [-0.25, -0.2) is 4.68 Å². The molecule has 0 aliphatic carbocycles. The predicted octanol–water partition coefficient (Wildman–Crippen LogP) is 5.51. The number of nitrogens with zero attached hydrogens (tertiary/aromatic N) is 4. The Hall–Kier alpha value is -4.64. The molecule has 2 heterocycles. The number of halogens is 1. The number of aromatic nitrogens is 3. The highest BCUT2D eigenvalue weighted by Crippen LogP contribution is 2.36. The third-order valence-electron chi connectivity index (χ3n) is 5.54. The number of benzene rings is 3.